The number of carbonyl (C=O) groups is 1. The maximum atomic E-state index is 12.0. The van der Waals surface area contributed by atoms with Gasteiger partial charge in [0.05, 0.1) is 6.54 Å². The lowest BCUT2D eigenvalue weighted by Gasteiger charge is -2.10. The topological polar surface area (TPSA) is 50.4 Å². The first-order valence-corrected chi connectivity index (χ1v) is 7.92. The number of benzene rings is 2. The number of anilines is 2. The van der Waals surface area contributed by atoms with Crippen LogP contribution in [0.3, 0.4) is 0 Å². The molecule has 2 aromatic carbocycles. The van der Waals surface area contributed by atoms with Gasteiger partial charge in [0, 0.05) is 11.4 Å². The molecular formula is C20H24N2O2. The lowest BCUT2D eigenvalue weighted by molar-refractivity contribution is -0.114. The Morgan fingerprint density at radius 3 is 2.33 bits per heavy atom. The van der Waals surface area contributed by atoms with Gasteiger partial charge < -0.3 is 15.4 Å². The minimum Gasteiger partial charge on any atom is -0.489 e. The van der Waals surface area contributed by atoms with Crippen LogP contribution in [-0.4, -0.2) is 19.1 Å². The fraction of sp³-hybridized carbons (Fsp3) is 0.250. The van der Waals surface area contributed by atoms with Crippen LogP contribution in [0.25, 0.3) is 0 Å². The molecule has 0 saturated carbocycles. The number of hydrogen-bond acceptors (Lipinski definition) is 3. The minimum absolute atomic E-state index is 0.0937. The molecule has 1 amide bonds. The first-order chi connectivity index (χ1) is 11.4. The minimum atomic E-state index is -0.0937. The molecule has 0 fully saturated rings. The maximum absolute atomic E-state index is 12.0. The molecule has 2 N–H and O–H groups in total. The zero-order chi connectivity index (χ0) is 17.5. The quantitative estimate of drug-likeness (QED) is 0.746. The van der Waals surface area contributed by atoms with E-state index in [-0.39, 0.29) is 12.5 Å². The Kier molecular flexibility index (Phi) is 6.01. The molecule has 0 saturated heterocycles. The largest absolute Gasteiger partial charge is 0.489 e. The Bertz CT molecular complexity index is 721. The summed E-state index contributed by atoms with van der Waals surface area (Å²) in [7, 11) is 0. The van der Waals surface area contributed by atoms with Crippen LogP contribution in [0, 0.1) is 13.8 Å². The summed E-state index contributed by atoms with van der Waals surface area (Å²) in [6, 6.07) is 13.4. The Hall–Kier alpha value is -2.75. The third kappa shape index (κ3) is 5.47. The predicted octanol–water partition coefficient (Wildman–Crippen LogP) is 4.31. The molecule has 126 valence electrons. The van der Waals surface area contributed by atoms with Crippen molar-refractivity contribution in [1.29, 1.82) is 0 Å². The first-order valence-electron chi connectivity index (χ1n) is 7.92. The predicted molar refractivity (Wildman–Crippen MR) is 99.8 cm³/mol. The Balaban J connectivity index is 1.83. The van der Waals surface area contributed by atoms with Gasteiger partial charge in [-0.15, -0.1) is 0 Å². The fourth-order valence-corrected chi connectivity index (χ4v) is 2.08. The van der Waals surface area contributed by atoms with E-state index >= 15 is 0 Å². The molecule has 24 heavy (non-hydrogen) atoms. The fourth-order valence-electron chi connectivity index (χ4n) is 2.08. The van der Waals surface area contributed by atoms with Gasteiger partial charge in [-0.3, -0.25) is 4.79 Å². The van der Waals surface area contributed by atoms with Crippen molar-refractivity contribution >= 4 is 17.3 Å². The van der Waals surface area contributed by atoms with Gasteiger partial charge in [-0.2, -0.15) is 0 Å². The van der Waals surface area contributed by atoms with E-state index in [1.807, 2.05) is 49.4 Å². The number of ether oxygens (including phenoxy) is 1. The number of carbonyl (C=O) groups excluding carboxylic acids is 1. The van der Waals surface area contributed by atoms with Crippen LogP contribution in [0.15, 0.2) is 54.6 Å². The van der Waals surface area contributed by atoms with Crippen molar-refractivity contribution < 1.29 is 9.53 Å². The molecule has 0 spiro atoms. The highest BCUT2D eigenvalue weighted by molar-refractivity contribution is 5.93. The second-order valence-corrected chi connectivity index (χ2v) is 5.97. The summed E-state index contributed by atoms with van der Waals surface area (Å²) in [5.74, 6) is 0.660. The number of aryl methyl sites for hydroxylation is 2. The van der Waals surface area contributed by atoms with Crippen molar-refractivity contribution in [2.45, 2.75) is 20.8 Å². The highest BCUT2D eigenvalue weighted by Crippen LogP contribution is 2.17. The number of amides is 1. The molecule has 2 aromatic rings. The average Bonchev–Trinajstić information content (AvgIpc) is 2.55. The van der Waals surface area contributed by atoms with E-state index in [1.165, 1.54) is 11.1 Å². The Morgan fingerprint density at radius 1 is 1.04 bits per heavy atom. The first kappa shape index (κ1) is 17.6. The molecule has 0 atom stereocenters. The Morgan fingerprint density at radius 2 is 1.71 bits per heavy atom. The third-order valence-corrected chi connectivity index (χ3v) is 3.58. The van der Waals surface area contributed by atoms with Crippen LogP contribution in [0.5, 0.6) is 5.75 Å². The lowest BCUT2D eigenvalue weighted by Crippen LogP contribution is -2.21. The van der Waals surface area contributed by atoms with E-state index in [0.29, 0.717) is 6.61 Å². The summed E-state index contributed by atoms with van der Waals surface area (Å²) >= 11 is 0. The van der Waals surface area contributed by atoms with Crippen molar-refractivity contribution in [2.24, 2.45) is 0 Å². The van der Waals surface area contributed by atoms with E-state index in [9.17, 15) is 4.79 Å². The van der Waals surface area contributed by atoms with Crippen molar-refractivity contribution in [1.82, 2.24) is 0 Å². The van der Waals surface area contributed by atoms with Crippen molar-refractivity contribution in [3.63, 3.8) is 0 Å². The molecule has 0 heterocycles. The summed E-state index contributed by atoms with van der Waals surface area (Å²) < 4.78 is 5.53. The van der Waals surface area contributed by atoms with Crippen LogP contribution in [0.4, 0.5) is 11.4 Å². The van der Waals surface area contributed by atoms with Crippen LogP contribution in [0.1, 0.15) is 18.1 Å². The average molecular weight is 324 g/mol. The molecule has 0 aromatic heterocycles. The molecule has 0 radical (unpaired) electrons. The van der Waals surface area contributed by atoms with Gasteiger partial charge in [-0.1, -0.05) is 12.6 Å². The summed E-state index contributed by atoms with van der Waals surface area (Å²) in [5.41, 5.74) is 5.08. The standard InChI is InChI=1S/C20H24N2O2/c1-14(2)13-24-19-9-7-17(8-10-19)22-20(23)12-21-18-6-5-15(3)16(4)11-18/h5-11,21H,1,12-13H2,2-4H3,(H,22,23). The van der Waals surface area contributed by atoms with Gasteiger partial charge in [-0.05, 0) is 73.9 Å². The van der Waals surface area contributed by atoms with Gasteiger partial charge in [0.2, 0.25) is 5.91 Å². The summed E-state index contributed by atoms with van der Waals surface area (Å²) in [4.78, 5) is 12.0. The second kappa shape index (κ2) is 8.20. The van der Waals surface area contributed by atoms with Crippen LogP contribution >= 0.6 is 0 Å². The van der Waals surface area contributed by atoms with Crippen molar-refractivity contribution in [3.05, 3.63) is 65.7 Å². The van der Waals surface area contributed by atoms with Crippen molar-refractivity contribution in [3.8, 4) is 5.75 Å². The van der Waals surface area contributed by atoms with Gasteiger partial charge in [0.15, 0.2) is 0 Å². The highest BCUT2D eigenvalue weighted by atomic mass is 16.5. The molecule has 4 nitrogen and oxygen atoms in total. The second-order valence-electron chi connectivity index (χ2n) is 5.97. The molecule has 4 heteroatoms. The smallest absolute Gasteiger partial charge is 0.243 e. The van der Waals surface area contributed by atoms with E-state index in [2.05, 4.69) is 31.1 Å². The number of rotatable bonds is 7. The summed E-state index contributed by atoms with van der Waals surface area (Å²) in [5, 5.41) is 5.99. The van der Waals surface area contributed by atoms with Crippen LogP contribution in [-0.2, 0) is 4.79 Å². The molecular weight excluding hydrogens is 300 g/mol. The lowest BCUT2D eigenvalue weighted by atomic mass is 10.1. The molecule has 2 rings (SSSR count). The molecule has 0 bridgehead atoms. The molecule has 0 aliphatic rings. The van der Waals surface area contributed by atoms with Gasteiger partial charge in [-0.25, -0.2) is 0 Å². The zero-order valence-electron chi connectivity index (χ0n) is 14.5. The van der Waals surface area contributed by atoms with Crippen LogP contribution < -0.4 is 15.4 Å². The monoisotopic (exact) mass is 324 g/mol. The van der Waals surface area contributed by atoms with E-state index in [4.69, 9.17) is 4.74 Å². The highest BCUT2D eigenvalue weighted by Gasteiger charge is 2.04. The number of nitrogens with one attached hydrogen (secondary N) is 2. The normalized spacial score (nSPS) is 10.1. The van der Waals surface area contributed by atoms with Gasteiger partial charge >= 0.3 is 0 Å². The van der Waals surface area contributed by atoms with Crippen molar-refractivity contribution in [2.75, 3.05) is 23.8 Å². The zero-order valence-corrected chi connectivity index (χ0v) is 14.5. The van der Waals surface area contributed by atoms with Crippen LogP contribution in [0.2, 0.25) is 0 Å². The van der Waals surface area contributed by atoms with E-state index in [0.717, 1.165) is 22.7 Å². The Labute approximate surface area is 143 Å². The summed E-state index contributed by atoms with van der Waals surface area (Å²) in [6.45, 7) is 10.5. The molecule has 0 aliphatic heterocycles. The molecule has 0 unspecified atom stereocenters. The van der Waals surface area contributed by atoms with Gasteiger partial charge in [0.1, 0.15) is 12.4 Å². The summed E-state index contributed by atoms with van der Waals surface area (Å²) in [6.07, 6.45) is 0. The molecule has 0 aliphatic carbocycles. The third-order valence-electron chi connectivity index (χ3n) is 3.58. The van der Waals surface area contributed by atoms with E-state index < -0.39 is 0 Å². The van der Waals surface area contributed by atoms with E-state index in [1.54, 1.807) is 0 Å². The maximum Gasteiger partial charge on any atom is 0.243 e. The SMILES string of the molecule is C=C(C)COc1ccc(NC(=O)CNc2ccc(C)c(C)c2)cc1. The van der Waals surface area contributed by atoms with Gasteiger partial charge in [0.25, 0.3) is 0 Å². The number of hydrogen-bond donors (Lipinski definition) is 2.